The van der Waals surface area contributed by atoms with Crippen molar-refractivity contribution >= 4 is 11.6 Å². The highest BCUT2D eigenvalue weighted by Gasteiger charge is 2.30. The van der Waals surface area contributed by atoms with Gasteiger partial charge in [-0.3, -0.25) is 0 Å². The minimum absolute atomic E-state index is 0.471. The maximum atomic E-state index is 10.2. The Labute approximate surface area is 97.7 Å². The zero-order valence-electron chi connectivity index (χ0n) is 9.51. The monoisotopic (exact) mass is 231 g/mol. The highest BCUT2D eigenvalue weighted by atomic mass is 35.5. The van der Waals surface area contributed by atoms with Gasteiger partial charge in [0, 0.05) is 19.0 Å². The summed E-state index contributed by atoms with van der Waals surface area (Å²) in [4.78, 5) is 0. The van der Waals surface area contributed by atoms with Gasteiger partial charge in [0.2, 0.25) is 0 Å². The summed E-state index contributed by atoms with van der Waals surface area (Å²) in [6.07, 6.45) is 8.08. The van der Waals surface area contributed by atoms with Crippen molar-refractivity contribution in [3.63, 3.8) is 0 Å². The molecule has 0 unspecified atom stereocenters. The second-order valence-corrected chi connectivity index (χ2v) is 4.97. The Morgan fingerprint density at radius 1 is 1.40 bits per heavy atom. The molecule has 0 aliphatic heterocycles. The molecule has 0 aromatic carbocycles. The van der Waals surface area contributed by atoms with Crippen LogP contribution in [0.3, 0.4) is 0 Å². The summed E-state index contributed by atoms with van der Waals surface area (Å²) in [5.41, 5.74) is -0.471. The second kappa shape index (κ2) is 6.51. The Balaban J connectivity index is 2.16. The molecular formula is C12H22ClNO. The minimum atomic E-state index is -0.471. The predicted octanol–water partition coefficient (Wildman–Crippen LogP) is 2.31. The Morgan fingerprint density at radius 2 is 2.07 bits per heavy atom. The van der Waals surface area contributed by atoms with Crippen LogP contribution in [0.1, 0.15) is 32.6 Å². The lowest BCUT2D eigenvalue weighted by Crippen LogP contribution is -2.43. The van der Waals surface area contributed by atoms with Gasteiger partial charge in [0.25, 0.3) is 0 Å². The maximum absolute atomic E-state index is 10.2. The van der Waals surface area contributed by atoms with Crippen molar-refractivity contribution in [2.75, 3.05) is 19.0 Å². The fourth-order valence-electron chi connectivity index (χ4n) is 2.01. The lowest BCUT2D eigenvalue weighted by atomic mass is 9.79. The van der Waals surface area contributed by atoms with Crippen molar-refractivity contribution in [1.82, 2.24) is 5.32 Å². The van der Waals surface area contributed by atoms with Crippen LogP contribution in [0.15, 0.2) is 12.2 Å². The normalized spacial score (nSPS) is 32.3. The highest BCUT2D eigenvalue weighted by Crippen LogP contribution is 2.31. The van der Waals surface area contributed by atoms with E-state index in [2.05, 4.69) is 12.2 Å². The maximum Gasteiger partial charge on any atom is 0.0771 e. The molecular weight excluding hydrogens is 210 g/mol. The van der Waals surface area contributed by atoms with E-state index in [-0.39, 0.29) is 0 Å². The summed E-state index contributed by atoms with van der Waals surface area (Å²) in [5.74, 6) is 1.34. The first-order valence-electron chi connectivity index (χ1n) is 5.80. The average molecular weight is 232 g/mol. The van der Waals surface area contributed by atoms with E-state index in [1.54, 1.807) is 0 Å². The van der Waals surface area contributed by atoms with Crippen LogP contribution in [-0.4, -0.2) is 29.7 Å². The van der Waals surface area contributed by atoms with E-state index in [1.807, 2.05) is 12.2 Å². The minimum Gasteiger partial charge on any atom is -0.389 e. The summed E-state index contributed by atoms with van der Waals surface area (Å²) < 4.78 is 0. The largest absolute Gasteiger partial charge is 0.389 e. The van der Waals surface area contributed by atoms with E-state index in [4.69, 9.17) is 11.6 Å². The molecule has 0 heterocycles. The second-order valence-electron chi connectivity index (χ2n) is 4.66. The Morgan fingerprint density at radius 3 is 2.67 bits per heavy atom. The third kappa shape index (κ3) is 5.01. The summed E-state index contributed by atoms with van der Waals surface area (Å²) in [7, 11) is 0. The average Bonchev–Trinajstić information content (AvgIpc) is 2.23. The number of nitrogens with one attached hydrogen (secondary N) is 1. The quantitative estimate of drug-likeness (QED) is 0.433. The number of allylic oxidation sites excluding steroid dienone is 1. The molecule has 0 aromatic rings. The first-order valence-corrected chi connectivity index (χ1v) is 6.34. The molecule has 0 amide bonds. The van der Waals surface area contributed by atoms with Crippen LogP contribution in [0.2, 0.25) is 0 Å². The lowest BCUT2D eigenvalue weighted by Gasteiger charge is -2.35. The van der Waals surface area contributed by atoms with Crippen molar-refractivity contribution < 1.29 is 5.11 Å². The first-order chi connectivity index (χ1) is 7.16. The molecule has 1 saturated carbocycles. The van der Waals surface area contributed by atoms with E-state index < -0.39 is 5.60 Å². The summed E-state index contributed by atoms with van der Waals surface area (Å²) in [6, 6.07) is 0. The van der Waals surface area contributed by atoms with Crippen molar-refractivity contribution in [3.05, 3.63) is 12.2 Å². The first kappa shape index (κ1) is 13.0. The Kier molecular flexibility index (Phi) is 5.65. The van der Waals surface area contributed by atoms with E-state index >= 15 is 0 Å². The number of aliphatic hydroxyl groups is 1. The van der Waals surface area contributed by atoms with Crippen LogP contribution >= 0.6 is 11.6 Å². The molecule has 1 rings (SSSR count). The van der Waals surface area contributed by atoms with Crippen molar-refractivity contribution in [3.8, 4) is 0 Å². The Bertz CT molecular complexity index is 198. The number of hydrogen-bond donors (Lipinski definition) is 2. The third-order valence-corrected chi connectivity index (χ3v) is 3.36. The van der Waals surface area contributed by atoms with Crippen molar-refractivity contribution in [2.45, 2.75) is 38.2 Å². The summed E-state index contributed by atoms with van der Waals surface area (Å²) in [5, 5.41) is 13.5. The van der Waals surface area contributed by atoms with Crippen LogP contribution in [0.25, 0.3) is 0 Å². The molecule has 88 valence electrons. The molecule has 0 radical (unpaired) electrons. The Hall–Kier alpha value is -0.0500. The van der Waals surface area contributed by atoms with Crippen LogP contribution in [0.4, 0.5) is 0 Å². The van der Waals surface area contributed by atoms with Gasteiger partial charge in [-0.2, -0.15) is 0 Å². The van der Waals surface area contributed by atoms with Crippen LogP contribution in [0, 0.1) is 5.92 Å². The fourth-order valence-corrected chi connectivity index (χ4v) is 2.14. The summed E-state index contributed by atoms with van der Waals surface area (Å²) >= 11 is 5.51. The van der Waals surface area contributed by atoms with Gasteiger partial charge in [-0.1, -0.05) is 19.1 Å². The third-order valence-electron chi connectivity index (χ3n) is 3.18. The van der Waals surface area contributed by atoms with Gasteiger partial charge in [0.05, 0.1) is 5.60 Å². The molecule has 1 fully saturated rings. The zero-order valence-corrected chi connectivity index (χ0v) is 10.3. The topological polar surface area (TPSA) is 32.3 Å². The van der Waals surface area contributed by atoms with E-state index in [0.717, 1.165) is 38.1 Å². The highest BCUT2D eigenvalue weighted by molar-refractivity contribution is 6.18. The zero-order chi connectivity index (χ0) is 11.1. The van der Waals surface area contributed by atoms with Gasteiger partial charge in [0.1, 0.15) is 0 Å². The molecule has 0 saturated heterocycles. The molecule has 3 heteroatoms. The predicted molar refractivity (Wildman–Crippen MR) is 65.3 cm³/mol. The van der Waals surface area contributed by atoms with Gasteiger partial charge in [-0.05, 0) is 31.6 Å². The van der Waals surface area contributed by atoms with Gasteiger partial charge >= 0.3 is 0 Å². The van der Waals surface area contributed by atoms with Crippen molar-refractivity contribution in [1.29, 1.82) is 0 Å². The molecule has 1 aliphatic rings. The standard InChI is InChI=1S/C12H22ClNO/c1-11-4-6-12(15,7-5-11)10-14-9-3-2-8-13/h2-3,11,14-15H,4-10H2,1H3/b3-2+. The number of hydrogen-bond acceptors (Lipinski definition) is 2. The molecule has 2 N–H and O–H groups in total. The van der Waals surface area contributed by atoms with Gasteiger partial charge < -0.3 is 10.4 Å². The van der Waals surface area contributed by atoms with Crippen LogP contribution in [0.5, 0.6) is 0 Å². The molecule has 2 nitrogen and oxygen atoms in total. The molecule has 0 bridgehead atoms. The molecule has 15 heavy (non-hydrogen) atoms. The van der Waals surface area contributed by atoms with Gasteiger partial charge in [-0.25, -0.2) is 0 Å². The SMILES string of the molecule is CC1CCC(O)(CNC/C=C/CCl)CC1. The molecule has 1 aliphatic carbocycles. The van der Waals surface area contributed by atoms with Crippen LogP contribution < -0.4 is 5.32 Å². The number of alkyl halides is 1. The van der Waals surface area contributed by atoms with Gasteiger partial charge in [0.15, 0.2) is 0 Å². The van der Waals surface area contributed by atoms with Crippen LogP contribution in [-0.2, 0) is 0 Å². The van der Waals surface area contributed by atoms with E-state index in [9.17, 15) is 5.11 Å². The van der Waals surface area contributed by atoms with E-state index in [0.29, 0.717) is 12.4 Å². The van der Waals surface area contributed by atoms with Crippen molar-refractivity contribution in [2.24, 2.45) is 5.92 Å². The van der Waals surface area contributed by atoms with Gasteiger partial charge in [-0.15, -0.1) is 11.6 Å². The molecule has 0 aromatic heterocycles. The fraction of sp³-hybridized carbons (Fsp3) is 0.833. The lowest BCUT2D eigenvalue weighted by molar-refractivity contribution is -0.00530. The number of rotatable bonds is 5. The number of halogens is 1. The smallest absolute Gasteiger partial charge is 0.0771 e. The van der Waals surface area contributed by atoms with E-state index in [1.165, 1.54) is 0 Å². The summed E-state index contributed by atoms with van der Waals surface area (Å²) in [6.45, 7) is 3.76. The molecule has 0 atom stereocenters. The molecule has 0 spiro atoms.